The number of methoxy groups -OCH3 is 1. The lowest BCUT2D eigenvalue weighted by Crippen LogP contribution is -3.00. The number of hydrogen-bond donors (Lipinski definition) is 1. The summed E-state index contributed by atoms with van der Waals surface area (Å²) in [6.07, 6.45) is 0. The topological polar surface area (TPSA) is 25.8 Å². The molecule has 2 N–H and O–H groups in total. The van der Waals surface area contributed by atoms with E-state index in [-0.39, 0.29) is 12.4 Å². The zero-order chi connectivity index (χ0) is 13.9. The van der Waals surface area contributed by atoms with Crippen LogP contribution >= 0.6 is 11.8 Å². The molecule has 2 aromatic carbocycles. The van der Waals surface area contributed by atoms with E-state index in [1.807, 2.05) is 11.8 Å². The van der Waals surface area contributed by atoms with E-state index in [0.29, 0.717) is 5.92 Å². The highest BCUT2D eigenvalue weighted by molar-refractivity contribution is 7.98. The van der Waals surface area contributed by atoms with Crippen molar-refractivity contribution in [2.75, 3.05) is 20.7 Å². The monoisotopic (exact) mass is 321 g/mol. The third kappa shape index (κ3) is 3.05. The van der Waals surface area contributed by atoms with Gasteiger partial charge in [0.15, 0.2) is 0 Å². The fourth-order valence-corrected chi connectivity index (χ4v) is 4.17. The van der Waals surface area contributed by atoms with Gasteiger partial charge in [0.2, 0.25) is 0 Å². The first-order chi connectivity index (χ1) is 9.85. The molecule has 0 amide bonds. The van der Waals surface area contributed by atoms with Crippen LogP contribution in [0.2, 0.25) is 0 Å². The summed E-state index contributed by atoms with van der Waals surface area (Å²) < 4.78 is 5.56. The van der Waals surface area contributed by atoms with Gasteiger partial charge in [-0.3, -0.25) is 0 Å². The van der Waals surface area contributed by atoms with Gasteiger partial charge >= 0.3 is 0 Å². The van der Waals surface area contributed by atoms with Gasteiger partial charge in [-0.25, -0.2) is 0 Å². The molecule has 0 saturated carbocycles. The highest BCUT2D eigenvalue weighted by Crippen LogP contribution is 2.44. The molecule has 3 rings (SSSR count). The van der Waals surface area contributed by atoms with Crippen LogP contribution in [0, 0.1) is 0 Å². The number of benzene rings is 2. The van der Waals surface area contributed by atoms with Gasteiger partial charge in [0.05, 0.1) is 31.5 Å². The Hall–Kier alpha value is -1.16. The molecule has 2 nitrogen and oxygen atoms in total. The minimum absolute atomic E-state index is 0. The minimum atomic E-state index is 0. The van der Waals surface area contributed by atoms with Crippen molar-refractivity contribution >= 4 is 11.8 Å². The van der Waals surface area contributed by atoms with Crippen LogP contribution in [0.3, 0.4) is 0 Å². The summed E-state index contributed by atoms with van der Waals surface area (Å²) in [7, 11) is 3.90. The van der Waals surface area contributed by atoms with Crippen molar-refractivity contribution in [3.05, 3.63) is 59.2 Å². The maximum Gasteiger partial charge on any atom is 0.132 e. The van der Waals surface area contributed by atoms with Crippen LogP contribution in [0.25, 0.3) is 0 Å². The summed E-state index contributed by atoms with van der Waals surface area (Å²) in [5.74, 6) is 2.46. The highest BCUT2D eigenvalue weighted by atomic mass is 35.5. The van der Waals surface area contributed by atoms with Crippen LogP contribution in [-0.4, -0.2) is 20.7 Å². The zero-order valence-electron chi connectivity index (χ0n) is 12.3. The second kappa shape index (κ2) is 7.21. The number of fused-ring (bicyclic) bond motifs is 2. The Morgan fingerprint density at radius 1 is 1.14 bits per heavy atom. The molecule has 0 aromatic heterocycles. The molecule has 21 heavy (non-hydrogen) atoms. The highest BCUT2D eigenvalue weighted by Gasteiger charge is 2.26. The van der Waals surface area contributed by atoms with Crippen molar-refractivity contribution in [3.8, 4) is 5.75 Å². The van der Waals surface area contributed by atoms with Gasteiger partial charge in [0, 0.05) is 5.75 Å². The molecule has 0 radical (unpaired) electrons. The van der Waals surface area contributed by atoms with E-state index in [2.05, 4.69) is 54.8 Å². The quantitative estimate of drug-likeness (QED) is 0.835. The molecule has 4 heteroatoms. The Morgan fingerprint density at radius 2 is 1.90 bits per heavy atom. The standard InChI is InChI=1S/C17H19NOS.ClH/c1-18-10-15-13-7-4-3-6-12(13)11-20-17-14(15)8-5-9-16(17)19-2;/h3-9,15,18H,10-11H2,1-2H3;1H. The number of nitrogens with two attached hydrogens (primary N) is 1. The van der Waals surface area contributed by atoms with Crippen molar-refractivity contribution in [1.82, 2.24) is 0 Å². The van der Waals surface area contributed by atoms with Crippen LogP contribution in [-0.2, 0) is 5.75 Å². The van der Waals surface area contributed by atoms with E-state index in [4.69, 9.17) is 4.74 Å². The van der Waals surface area contributed by atoms with Gasteiger partial charge in [0.1, 0.15) is 5.75 Å². The minimum Gasteiger partial charge on any atom is -1.00 e. The summed E-state index contributed by atoms with van der Waals surface area (Å²) in [4.78, 5) is 1.30. The molecule has 0 fully saturated rings. The normalized spacial score (nSPS) is 16.2. The summed E-state index contributed by atoms with van der Waals surface area (Å²) in [6, 6.07) is 15.2. The molecule has 2 aromatic rings. The molecule has 0 saturated heterocycles. The Balaban J connectivity index is 0.00000161. The van der Waals surface area contributed by atoms with Crippen molar-refractivity contribution < 1.29 is 22.5 Å². The number of quaternary nitrogens is 1. The molecule has 1 aliphatic heterocycles. The van der Waals surface area contributed by atoms with E-state index < -0.39 is 0 Å². The maximum absolute atomic E-state index is 5.56. The molecule has 112 valence electrons. The molecule has 1 atom stereocenters. The van der Waals surface area contributed by atoms with Crippen LogP contribution < -0.4 is 22.5 Å². The smallest absolute Gasteiger partial charge is 0.132 e. The lowest BCUT2D eigenvalue weighted by molar-refractivity contribution is -0.628. The molecule has 1 unspecified atom stereocenters. The van der Waals surface area contributed by atoms with Crippen LogP contribution in [0.5, 0.6) is 5.75 Å². The van der Waals surface area contributed by atoms with Gasteiger partial charge in [-0.1, -0.05) is 36.4 Å². The Kier molecular flexibility index (Phi) is 5.57. The number of halogens is 1. The molecule has 0 aliphatic carbocycles. The third-order valence-electron chi connectivity index (χ3n) is 3.88. The van der Waals surface area contributed by atoms with Gasteiger partial charge in [-0.15, -0.1) is 11.8 Å². The Labute approximate surface area is 136 Å². The molecule has 1 heterocycles. The van der Waals surface area contributed by atoms with Crippen LogP contribution in [0.4, 0.5) is 0 Å². The predicted octanol–water partition coefficient (Wildman–Crippen LogP) is -0.370. The Morgan fingerprint density at radius 3 is 2.67 bits per heavy atom. The first kappa shape index (κ1) is 16.2. The fraction of sp³-hybridized carbons (Fsp3) is 0.294. The average molecular weight is 322 g/mol. The van der Waals surface area contributed by atoms with Crippen LogP contribution in [0.1, 0.15) is 22.6 Å². The van der Waals surface area contributed by atoms with Gasteiger partial charge < -0.3 is 22.5 Å². The fourth-order valence-electron chi connectivity index (χ4n) is 2.94. The summed E-state index contributed by atoms with van der Waals surface area (Å²) in [6.45, 7) is 1.07. The van der Waals surface area contributed by atoms with Crippen LogP contribution in [0.15, 0.2) is 47.4 Å². The van der Waals surface area contributed by atoms with Crippen molar-refractivity contribution in [1.29, 1.82) is 0 Å². The lowest BCUT2D eigenvalue weighted by atomic mass is 9.88. The molecular formula is C17H20ClNOS. The largest absolute Gasteiger partial charge is 1.00 e. The third-order valence-corrected chi connectivity index (χ3v) is 5.06. The van der Waals surface area contributed by atoms with E-state index in [9.17, 15) is 0 Å². The number of rotatable bonds is 3. The molecule has 1 aliphatic rings. The van der Waals surface area contributed by atoms with Gasteiger partial charge in [0.25, 0.3) is 0 Å². The number of thioether (sulfide) groups is 1. The maximum atomic E-state index is 5.56. The van der Waals surface area contributed by atoms with E-state index in [1.165, 1.54) is 21.6 Å². The summed E-state index contributed by atoms with van der Waals surface area (Å²) in [5, 5.41) is 2.26. The van der Waals surface area contributed by atoms with Gasteiger partial charge in [-0.05, 0) is 22.8 Å². The number of hydrogen-bond acceptors (Lipinski definition) is 2. The summed E-state index contributed by atoms with van der Waals surface area (Å²) >= 11 is 1.89. The lowest BCUT2D eigenvalue weighted by Gasteiger charge is -2.18. The summed E-state index contributed by atoms with van der Waals surface area (Å²) in [5.41, 5.74) is 4.31. The average Bonchev–Trinajstić information content (AvgIpc) is 2.65. The number of likely N-dealkylation sites (N-methyl/N-ethyl adjacent to an activating group) is 1. The van der Waals surface area contributed by atoms with Crippen molar-refractivity contribution in [2.45, 2.75) is 16.6 Å². The first-order valence-electron chi connectivity index (χ1n) is 7.00. The molecule has 0 bridgehead atoms. The van der Waals surface area contributed by atoms with E-state index in [0.717, 1.165) is 18.0 Å². The second-order valence-corrected chi connectivity index (χ2v) is 6.05. The second-order valence-electron chi connectivity index (χ2n) is 5.06. The van der Waals surface area contributed by atoms with E-state index in [1.54, 1.807) is 7.11 Å². The first-order valence-corrected chi connectivity index (χ1v) is 7.99. The molecule has 0 spiro atoms. The predicted molar refractivity (Wildman–Crippen MR) is 83.6 cm³/mol. The van der Waals surface area contributed by atoms with Crippen molar-refractivity contribution in [3.63, 3.8) is 0 Å². The zero-order valence-corrected chi connectivity index (χ0v) is 13.9. The van der Waals surface area contributed by atoms with E-state index >= 15 is 0 Å². The van der Waals surface area contributed by atoms with Crippen molar-refractivity contribution in [2.24, 2.45) is 0 Å². The molecular weight excluding hydrogens is 302 g/mol. The SMILES string of the molecule is C[NH2+]CC1c2ccccc2CSc2c(OC)cccc21.[Cl-]. The van der Waals surface area contributed by atoms with Gasteiger partial charge in [-0.2, -0.15) is 0 Å². The number of ether oxygens (including phenoxy) is 1. The Bertz CT molecular complexity index is 617.